The number of methoxy groups -OCH3 is 2. The van der Waals surface area contributed by atoms with Gasteiger partial charge in [0.1, 0.15) is 6.10 Å². The summed E-state index contributed by atoms with van der Waals surface area (Å²) in [7, 11) is 3.27. The van der Waals surface area contributed by atoms with Gasteiger partial charge in [-0.05, 0) is 24.6 Å². The van der Waals surface area contributed by atoms with E-state index in [2.05, 4.69) is 11.9 Å². The molecule has 0 bridgehead atoms. The Morgan fingerprint density at radius 1 is 1.40 bits per heavy atom. The van der Waals surface area contributed by atoms with Crippen molar-refractivity contribution in [2.75, 3.05) is 27.4 Å². The molecule has 0 fully saturated rings. The summed E-state index contributed by atoms with van der Waals surface area (Å²) in [4.78, 5) is 0. The van der Waals surface area contributed by atoms with Crippen molar-refractivity contribution in [2.45, 2.75) is 19.6 Å². The van der Waals surface area contributed by atoms with E-state index < -0.39 is 0 Å². The third-order valence-electron chi connectivity index (χ3n) is 2.74. The molecule has 0 aliphatic heterocycles. The molecule has 1 rings (SSSR count). The molecule has 0 heterocycles. The zero-order chi connectivity index (χ0) is 15.0. The Kier molecular flexibility index (Phi) is 7.44. The molecule has 1 N–H and O–H groups in total. The molecule has 5 heteroatoms. The van der Waals surface area contributed by atoms with Crippen LogP contribution in [0.1, 0.15) is 12.5 Å². The lowest BCUT2D eigenvalue weighted by molar-refractivity contribution is 0.199. The zero-order valence-corrected chi connectivity index (χ0v) is 13.0. The predicted molar refractivity (Wildman–Crippen MR) is 81.9 cm³/mol. The van der Waals surface area contributed by atoms with E-state index in [4.69, 9.17) is 25.8 Å². The van der Waals surface area contributed by atoms with Crippen LogP contribution >= 0.6 is 11.6 Å². The second kappa shape index (κ2) is 8.84. The highest BCUT2D eigenvalue weighted by atomic mass is 35.5. The first-order valence-electron chi connectivity index (χ1n) is 6.47. The topological polar surface area (TPSA) is 39.7 Å². The fourth-order valence-corrected chi connectivity index (χ4v) is 1.91. The summed E-state index contributed by atoms with van der Waals surface area (Å²) in [6, 6.07) is 3.78. The number of benzene rings is 1. The van der Waals surface area contributed by atoms with Gasteiger partial charge in [-0.15, -0.1) is 0 Å². The largest absolute Gasteiger partial charge is 0.493 e. The summed E-state index contributed by atoms with van der Waals surface area (Å²) in [5.74, 6) is 1.16. The number of ether oxygens (including phenoxy) is 3. The summed E-state index contributed by atoms with van der Waals surface area (Å²) < 4.78 is 16.0. The van der Waals surface area contributed by atoms with E-state index in [1.54, 1.807) is 20.3 Å². The summed E-state index contributed by atoms with van der Waals surface area (Å²) >= 11 is 6.26. The van der Waals surface area contributed by atoms with E-state index in [0.717, 1.165) is 12.1 Å². The van der Waals surface area contributed by atoms with Gasteiger partial charge >= 0.3 is 0 Å². The van der Waals surface area contributed by atoms with Crippen LogP contribution in [0.2, 0.25) is 5.02 Å². The van der Waals surface area contributed by atoms with Gasteiger partial charge in [-0.2, -0.15) is 0 Å². The zero-order valence-electron chi connectivity index (χ0n) is 12.2. The van der Waals surface area contributed by atoms with Gasteiger partial charge in [0.2, 0.25) is 0 Å². The van der Waals surface area contributed by atoms with E-state index in [9.17, 15) is 0 Å². The van der Waals surface area contributed by atoms with Gasteiger partial charge in [0.25, 0.3) is 0 Å². The third-order valence-corrected chi connectivity index (χ3v) is 3.02. The van der Waals surface area contributed by atoms with Gasteiger partial charge in [-0.25, -0.2) is 0 Å². The molecular formula is C15H22ClNO3. The Balaban J connectivity index is 2.81. The number of hydrogen-bond acceptors (Lipinski definition) is 4. The standard InChI is InChI=1S/C15H22ClNO3/c1-5-11(2)20-15-13(16)8-12(9-14(15)19-4)10-17-6-7-18-3/h5,8-9,11,17H,1,6-7,10H2,2-4H3. The Labute approximate surface area is 125 Å². The minimum absolute atomic E-state index is 0.132. The lowest BCUT2D eigenvalue weighted by Gasteiger charge is -2.17. The van der Waals surface area contributed by atoms with Crippen LogP contribution < -0.4 is 14.8 Å². The fraction of sp³-hybridized carbons (Fsp3) is 0.467. The average Bonchev–Trinajstić information content (AvgIpc) is 2.45. The van der Waals surface area contributed by atoms with Gasteiger partial charge in [0.05, 0.1) is 18.7 Å². The second-order valence-electron chi connectivity index (χ2n) is 4.34. The number of halogens is 1. The molecule has 0 aromatic heterocycles. The molecule has 1 unspecified atom stereocenters. The van der Waals surface area contributed by atoms with Gasteiger partial charge in [-0.3, -0.25) is 0 Å². The number of hydrogen-bond donors (Lipinski definition) is 1. The van der Waals surface area contributed by atoms with Crippen molar-refractivity contribution in [1.29, 1.82) is 0 Å². The smallest absolute Gasteiger partial charge is 0.180 e. The molecule has 20 heavy (non-hydrogen) atoms. The second-order valence-corrected chi connectivity index (χ2v) is 4.74. The summed E-state index contributed by atoms with van der Waals surface area (Å²) in [6.45, 7) is 7.72. The highest BCUT2D eigenvalue weighted by Gasteiger charge is 2.13. The van der Waals surface area contributed by atoms with Crippen LogP contribution in [0.5, 0.6) is 11.5 Å². The maximum absolute atomic E-state index is 6.26. The van der Waals surface area contributed by atoms with Crippen molar-refractivity contribution in [3.8, 4) is 11.5 Å². The Bertz CT molecular complexity index is 437. The Hall–Kier alpha value is -1.23. The molecular weight excluding hydrogens is 278 g/mol. The van der Waals surface area contributed by atoms with Crippen LogP contribution in [0.15, 0.2) is 24.8 Å². The molecule has 1 aromatic carbocycles. The summed E-state index contributed by atoms with van der Waals surface area (Å²) in [6.07, 6.45) is 1.57. The maximum atomic E-state index is 6.26. The van der Waals surface area contributed by atoms with E-state index in [0.29, 0.717) is 29.7 Å². The molecule has 0 aliphatic carbocycles. The van der Waals surface area contributed by atoms with Crippen molar-refractivity contribution < 1.29 is 14.2 Å². The Morgan fingerprint density at radius 3 is 2.75 bits per heavy atom. The normalized spacial score (nSPS) is 12.0. The van der Waals surface area contributed by atoms with Crippen molar-refractivity contribution in [3.05, 3.63) is 35.4 Å². The molecule has 0 saturated carbocycles. The molecule has 112 valence electrons. The average molecular weight is 300 g/mol. The summed E-state index contributed by atoms with van der Waals surface area (Å²) in [5, 5.41) is 3.79. The SMILES string of the molecule is C=CC(C)Oc1c(Cl)cc(CNCCOC)cc1OC. The highest BCUT2D eigenvalue weighted by molar-refractivity contribution is 6.32. The molecule has 0 amide bonds. The lowest BCUT2D eigenvalue weighted by Crippen LogP contribution is -2.18. The van der Waals surface area contributed by atoms with E-state index >= 15 is 0 Å². The fourth-order valence-electron chi connectivity index (χ4n) is 1.63. The lowest BCUT2D eigenvalue weighted by atomic mass is 10.2. The molecule has 1 atom stereocenters. The molecule has 1 aromatic rings. The van der Waals surface area contributed by atoms with Gasteiger partial charge in [-0.1, -0.05) is 24.3 Å². The minimum atomic E-state index is -0.132. The third kappa shape index (κ3) is 5.04. The first-order valence-corrected chi connectivity index (χ1v) is 6.85. The number of rotatable bonds is 9. The predicted octanol–water partition coefficient (Wildman–Crippen LogP) is 3.04. The van der Waals surface area contributed by atoms with Crippen molar-refractivity contribution in [3.63, 3.8) is 0 Å². The maximum Gasteiger partial charge on any atom is 0.180 e. The van der Waals surface area contributed by atoms with Crippen LogP contribution in [0.4, 0.5) is 0 Å². The van der Waals surface area contributed by atoms with Crippen LogP contribution in [0.25, 0.3) is 0 Å². The monoisotopic (exact) mass is 299 g/mol. The molecule has 0 aliphatic rings. The van der Waals surface area contributed by atoms with E-state index in [1.807, 2.05) is 19.1 Å². The van der Waals surface area contributed by atoms with Crippen molar-refractivity contribution in [2.24, 2.45) is 0 Å². The molecule has 0 radical (unpaired) electrons. The quantitative estimate of drug-likeness (QED) is 0.562. The minimum Gasteiger partial charge on any atom is -0.493 e. The Morgan fingerprint density at radius 2 is 2.15 bits per heavy atom. The van der Waals surface area contributed by atoms with E-state index in [1.165, 1.54) is 0 Å². The van der Waals surface area contributed by atoms with Crippen molar-refractivity contribution >= 4 is 11.6 Å². The van der Waals surface area contributed by atoms with Gasteiger partial charge in [0.15, 0.2) is 11.5 Å². The summed E-state index contributed by atoms with van der Waals surface area (Å²) in [5.41, 5.74) is 1.03. The van der Waals surface area contributed by atoms with Crippen LogP contribution in [0, 0.1) is 0 Å². The first kappa shape index (κ1) is 16.8. The van der Waals surface area contributed by atoms with Crippen molar-refractivity contribution in [1.82, 2.24) is 5.32 Å². The molecule has 4 nitrogen and oxygen atoms in total. The van der Waals surface area contributed by atoms with Gasteiger partial charge in [0, 0.05) is 20.2 Å². The first-order chi connectivity index (χ1) is 9.62. The van der Waals surface area contributed by atoms with Gasteiger partial charge < -0.3 is 19.5 Å². The van der Waals surface area contributed by atoms with Crippen LogP contribution in [0.3, 0.4) is 0 Å². The molecule has 0 saturated heterocycles. The van der Waals surface area contributed by atoms with E-state index in [-0.39, 0.29) is 6.10 Å². The molecule has 0 spiro atoms. The van der Waals surface area contributed by atoms with Crippen LogP contribution in [-0.4, -0.2) is 33.5 Å². The van der Waals surface area contributed by atoms with Crippen LogP contribution in [-0.2, 0) is 11.3 Å². The number of nitrogens with one attached hydrogen (secondary N) is 1. The highest BCUT2D eigenvalue weighted by Crippen LogP contribution is 2.37.